The fraction of sp³-hybridized carbons (Fsp3) is 0.227. The Morgan fingerprint density at radius 3 is 2.45 bits per heavy atom. The minimum absolute atomic E-state index is 0.0591. The molecule has 3 aromatic rings. The topological polar surface area (TPSA) is 108 Å². The van der Waals surface area contributed by atoms with Crippen molar-refractivity contribution in [1.29, 1.82) is 0 Å². The van der Waals surface area contributed by atoms with E-state index in [-0.39, 0.29) is 29.0 Å². The molecule has 0 spiro atoms. The lowest BCUT2D eigenvalue weighted by molar-refractivity contribution is -0.129. The lowest BCUT2D eigenvalue weighted by Crippen LogP contribution is -2.50. The number of halogens is 1. The van der Waals surface area contributed by atoms with Crippen molar-refractivity contribution in [1.82, 2.24) is 14.9 Å². The number of nitrogens with zero attached hydrogens (tertiary/aromatic N) is 4. The lowest BCUT2D eigenvalue weighted by atomic mass is 10.2. The van der Waals surface area contributed by atoms with Crippen LogP contribution in [0.2, 0.25) is 0 Å². The molecule has 11 heteroatoms. The number of hydrogen-bond acceptors (Lipinski definition) is 7. The Bertz CT molecular complexity index is 1200. The van der Waals surface area contributed by atoms with Crippen molar-refractivity contribution in [3.8, 4) is 0 Å². The maximum atomic E-state index is 13.3. The fourth-order valence-corrected chi connectivity index (χ4v) is 4.49. The van der Waals surface area contributed by atoms with Crippen LogP contribution in [0.3, 0.4) is 0 Å². The molecule has 33 heavy (non-hydrogen) atoms. The summed E-state index contributed by atoms with van der Waals surface area (Å²) < 4.78 is 40.7. The summed E-state index contributed by atoms with van der Waals surface area (Å²) in [5.74, 6) is -0.220. The number of carbonyl (C=O) groups is 1. The molecule has 0 radical (unpaired) electrons. The first-order chi connectivity index (χ1) is 15.9. The molecule has 1 aliphatic rings. The molecule has 4 rings (SSSR count). The number of carbonyl (C=O) groups excluding carboxylic acids is 1. The standard InChI is InChI=1S/C22H23FN6O3S/c23-17-2-1-3-18(14-17)25-15-22(30)29-12-10-28(11-13-29)19-4-6-20(7-5-19)33(31,32)27-21-8-9-24-16-26-21/h1-9,14,16,25H,10-13,15H2,(H,24,26,27). The minimum Gasteiger partial charge on any atom is -0.376 e. The van der Waals surface area contributed by atoms with Gasteiger partial charge >= 0.3 is 0 Å². The van der Waals surface area contributed by atoms with Crippen molar-refractivity contribution in [2.45, 2.75) is 4.90 Å². The van der Waals surface area contributed by atoms with Gasteiger partial charge in [0.2, 0.25) is 5.91 Å². The summed E-state index contributed by atoms with van der Waals surface area (Å²) in [4.78, 5) is 24.1. The average molecular weight is 471 g/mol. The number of sulfonamides is 1. The van der Waals surface area contributed by atoms with Crippen LogP contribution in [-0.2, 0) is 14.8 Å². The van der Waals surface area contributed by atoms with Crippen LogP contribution >= 0.6 is 0 Å². The van der Waals surface area contributed by atoms with E-state index in [1.54, 1.807) is 41.3 Å². The van der Waals surface area contributed by atoms with Gasteiger partial charge in [0, 0.05) is 43.8 Å². The molecular weight excluding hydrogens is 447 g/mol. The number of piperazine rings is 1. The molecule has 2 aromatic carbocycles. The van der Waals surface area contributed by atoms with E-state index in [9.17, 15) is 17.6 Å². The highest BCUT2D eigenvalue weighted by Gasteiger charge is 2.22. The van der Waals surface area contributed by atoms with Gasteiger partial charge in [-0.2, -0.15) is 0 Å². The number of aromatic nitrogens is 2. The molecule has 2 heterocycles. The van der Waals surface area contributed by atoms with E-state index in [0.29, 0.717) is 31.9 Å². The maximum absolute atomic E-state index is 13.3. The first-order valence-electron chi connectivity index (χ1n) is 10.3. The zero-order valence-corrected chi connectivity index (χ0v) is 18.5. The van der Waals surface area contributed by atoms with Crippen LogP contribution in [0, 0.1) is 5.82 Å². The Kier molecular flexibility index (Phi) is 6.68. The molecule has 1 aromatic heterocycles. The van der Waals surface area contributed by atoms with E-state index in [2.05, 4.69) is 24.9 Å². The first kappa shape index (κ1) is 22.5. The number of anilines is 3. The Labute approximate surface area is 191 Å². The quantitative estimate of drug-likeness (QED) is 0.545. The summed E-state index contributed by atoms with van der Waals surface area (Å²) >= 11 is 0. The van der Waals surface area contributed by atoms with Gasteiger partial charge in [-0.15, -0.1) is 0 Å². The first-order valence-corrected chi connectivity index (χ1v) is 11.8. The highest BCUT2D eigenvalue weighted by molar-refractivity contribution is 7.92. The summed E-state index contributed by atoms with van der Waals surface area (Å²) in [6.07, 6.45) is 2.72. The molecule has 1 fully saturated rings. The maximum Gasteiger partial charge on any atom is 0.263 e. The van der Waals surface area contributed by atoms with E-state index < -0.39 is 10.0 Å². The van der Waals surface area contributed by atoms with E-state index in [4.69, 9.17) is 0 Å². The second kappa shape index (κ2) is 9.82. The number of hydrogen-bond donors (Lipinski definition) is 2. The van der Waals surface area contributed by atoms with Gasteiger partial charge in [-0.25, -0.2) is 22.8 Å². The van der Waals surface area contributed by atoms with Crippen LogP contribution in [0.5, 0.6) is 0 Å². The number of rotatable bonds is 7. The summed E-state index contributed by atoms with van der Waals surface area (Å²) in [6, 6.07) is 14.0. The smallest absolute Gasteiger partial charge is 0.263 e. The summed E-state index contributed by atoms with van der Waals surface area (Å²) in [6.45, 7) is 2.42. The number of benzene rings is 2. The molecule has 1 amide bonds. The van der Waals surface area contributed by atoms with Gasteiger partial charge in [0.15, 0.2) is 0 Å². The number of amides is 1. The predicted molar refractivity (Wildman–Crippen MR) is 123 cm³/mol. The van der Waals surface area contributed by atoms with Crippen molar-refractivity contribution in [3.63, 3.8) is 0 Å². The van der Waals surface area contributed by atoms with Gasteiger partial charge < -0.3 is 15.1 Å². The molecule has 1 saturated heterocycles. The normalized spacial score (nSPS) is 14.1. The third kappa shape index (κ3) is 5.75. The third-order valence-corrected chi connectivity index (χ3v) is 6.60. The summed E-state index contributed by atoms with van der Waals surface area (Å²) in [7, 11) is -3.75. The molecular formula is C22H23FN6O3S. The Morgan fingerprint density at radius 1 is 1.03 bits per heavy atom. The van der Waals surface area contributed by atoms with E-state index in [0.717, 1.165) is 5.69 Å². The zero-order chi connectivity index (χ0) is 23.3. The van der Waals surface area contributed by atoms with Crippen molar-refractivity contribution in [2.75, 3.05) is 47.7 Å². The van der Waals surface area contributed by atoms with Gasteiger partial charge in [0.1, 0.15) is 18.0 Å². The molecule has 0 unspecified atom stereocenters. The minimum atomic E-state index is -3.75. The lowest BCUT2D eigenvalue weighted by Gasteiger charge is -2.36. The summed E-state index contributed by atoms with van der Waals surface area (Å²) in [5.41, 5.74) is 1.44. The van der Waals surface area contributed by atoms with Crippen LogP contribution < -0.4 is 14.9 Å². The molecule has 1 aliphatic heterocycles. The third-order valence-electron chi connectivity index (χ3n) is 5.23. The predicted octanol–water partition coefficient (Wildman–Crippen LogP) is 2.18. The van der Waals surface area contributed by atoms with Crippen LogP contribution in [0.1, 0.15) is 0 Å². The van der Waals surface area contributed by atoms with Crippen molar-refractivity contribution >= 4 is 33.1 Å². The Morgan fingerprint density at radius 2 is 1.79 bits per heavy atom. The summed E-state index contributed by atoms with van der Waals surface area (Å²) in [5, 5.41) is 2.95. The molecule has 0 atom stereocenters. The fourth-order valence-electron chi connectivity index (χ4n) is 3.49. The van der Waals surface area contributed by atoms with Crippen LogP contribution in [0.4, 0.5) is 21.6 Å². The Balaban J connectivity index is 1.30. The van der Waals surface area contributed by atoms with Gasteiger partial charge in [0.05, 0.1) is 11.4 Å². The second-order valence-electron chi connectivity index (χ2n) is 7.43. The van der Waals surface area contributed by atoms with Gasteiger partial charge in [-0.1, -0.05) is 6.07 Å². The largest absolute Gasteiger partial charge is 0.376 e. The van der Waals surface area contributed by atoms with Crippen molar-refractivity contribution < 1.29 is 17.6 Å². The van der Waals surface area contributed by atoms with Crippen molar-refractivity contribution in [2.24, 2.45) is 0 Å². The highest BCUT2D eigenvalue weighted by Crippen LogP contribution is 2.21. The number of nitrogens with one attached hydrogen (secondary N) is 2. The molecule has 2 N–H and O–H groups in total. The average Bonchev–Trinajstić information content (AvgIpc) is 2.83. The van der Waals surface area contributed by atoms with Crippen LogP contribution in [0.15, 0.2) is 72.0 Å². The van der Waals surface area contributed by atoms with E-state index >= 15 is 0 Å². The van der Waals surface area contributed by atoms with Crippen LogP contribution in [0.25, 0.3) is 0 Å². The van der Waals surface area contributed by atoms with Crippen molar-refractivity contribution in [3.05, 3.63) is 72.9 Å². The molecule has 0 saturated carbocycles. The van der Waals surface area contributed by atoms with E-state index in [1.807, 2.05) is 0 Å². The van der Waals surface area contributed by atoms with E-state index in [1.165, 1.54) is 30.7 Å². The molecule has 172 valence electrons. The zero-order valence-electron chi connectivity index (χ0n) is 17.7. The van der Waals surface area contributed by atoms with Gasteiger partial charge in [-0.05, 0) is 48.5 Å². The Hall–Kier alpha value is -3.73. The SMILES string of the molecule is O=C(CNc1cccc(F)c1)N1CCN(c2ccc(S(=O)(=O)Nc3ccncn3)cc2)CC1. The molecule has 0 aliphatic carbocycles. The van der Waals surface area contributed by atoms with Crippen LogP contribution in [-0.4, -0.2) is 61.9 Å². The monoisotopic (exact) mass is 470 g/mol. The second-order valence-corrected chi connectivity index (χ2v) is 9.11. The molecule has 9 nitrogen and oxygen atoms in total. The highest BCUT2D eigenvalue weighted by atomic mass is 32.2. The van der Waals surface area contributed by atoms with Gasteiger partial charge in [0.25, 0.3) is 10.0 Å². The molecule has 0 bridgehead atoms. The van der Waals surface area contributed by atoms with Gasteiger partial charge in [-0.3, -0.25) is 9.52 Å².